The average Bonchev–Trinajstić information content (AvgIpc) is 3.12. The van der Waals surface area contributed by atoms with Gasteiger partial charge in [0.25, 0.3) is 0 Å². The first-order valence-electron chi connectivity index (χ1n) is 10.6. The number of hydrogen-bond acceptors (Lipinski definition) is 5. The summed E-state index contributed by atoms with van der Waals surface area (Å²) in [5, 5.41) is 2.81. The molecule has 0 radical (unpaired) electrons. The maximum atomic E-state index is 12.6. The van der Waals surface area contributed by atoms with E-state index >= 15 is 0 Å². The molecule has 0 heterocycles. The van der Waals surface area contributed by atoms with Gasteiger partial charge in [-0.2, -0.15) is 0 Å². The van der Waals surface area contributed by atoms with Crippen LogP contribution in [0.3, 0.4) is 0 Å². The third-order valence-corrected chi connectivity index (χ3v) is 5.11. The Bertz CT molecular complexity index is 736. The van der Waals surface area contributed by atoms with Crippen LogP contribution >= 0.6 is 0 Å². The summed E-state index contributed by atoms with van der Waals surface area (Å²) in [4.78, 5) is 24.8. The Kier molecular flexibility index (Phi) is 8.90. The van der Waals surface area contributed by atoms with E-state index in [1.54, 1.807) is 0 Å². The van der Waals surface area contributed by atoms with Crippen LogP contribution in [0.25, 0.3) is 0 Å². The summed E-state index contributed by atoms with van der Waals surface area (Å²) in [7, 11) is 1.38. The van der Waals surface area contributed by atoms with Gasteiger partial charge in [-0.25, -0.2) is 4.79 Å². The minimum atomic E-state index is -0.599. The Balaban J connectivity index is 2.02. The maximum Gasteiger partial charge on any atom is 0.407 e. The quantitative estimate of drug-likeness (QED) is 0.356. The van der Waals surface area contributed by atoms with E-state index in [1.807, 2.05) is 58.0 Å². The van der Waals surface area contributed by atoms with Crippen molar-refractivity contribution >= 4 is 12.1 Å². The summed E-state index contributed by atoms with van der Waals surface area (Å²) in [6, 6.07) is 9.63. The topological polar surface area (TPSA) is 73.9 Å². The van der Waals surface area contributed by atoms with Crippen molar-refractivity contribution in [2.75, 3.05) is 13.7 Å². The van der Waals surface area contributed by atoms with Crippen molar-refractivity contribution in [1.82, 2.24) is 5.32 Å². The molecule has 0 fully saturated rings. The fourth-order valence-electron chi connectivity index (χ4n) is 3.80. The molecule has 1 unspecified atom stereocenters. The van der Waals surface area contributed by atoms with E-state index < -0.39 is 23.7 Å². The lowest BCUT2D eigenvalue weighted by Crippen LogP contribution is -2.44. The van der Waals surface area contributed by atoms with Crippen LogP contribution in [-0.2, 0) is 25.6 Å². The fourth-order valence-corrected chi connectivity index (χ4v) is 3.80. The Hall–Kier alpha value is -2.34. The molecule has 30 heavy (non-hydrogen) atoms. The Morgan fingerprint density at radius 1 is 1.13 bits per heavy atom. The van der Waals surface area contributed by atoms with Crippen molar-refractivity contribution in [3.63, 3.8) is 0 Å². The lowest BCUT2D eigenvalue weighted by Gasteiger charge is -2.27. The molecule has 1 N–H and O–H groups in total. The largest absolute Gasteiger partial charge is 0.468 e. The van der Waals surface area contributed by atoms with Gasteiger partial charge in [-0.3, -0.25) is 4.79 Å². The number of carbonyl (C=O) groups is 2. The molecule has 2 rings (SSSR count). The van der Waals surface area contributed by atoms with E-state index in [1.165, 1.54) is 12.7 Å². The second-order valence-corrected chi connectivity index (χ2v) is 8.71. The summed E-state index contributed by atoms with van der Waals surface area (Å²) in [6.07, 6.45) is 3.01. The Labute approximate surface area is 180 Å². The summed E-state index contributed by atoms with van der Waals surface area (Å²) < 4.78 is 16.2. The highest BCUT2D eigenvalue weighted by Crippen LogP contribution is 2.35. The second kappa shape index (κ2) is 11.2. The molecule has 0 spiro atoms. The number of amides is 1. The van der Waals surface area contributed by atoms with Gasteiger partial charge in [0.15, 0.2) is 0 Å². The van der Waals surface area contributed by atoms with Gasteiger partial charge in [0, 0.05) is 6.04 Å². The number of ether oxygens (including phenoxy) is 3. The van der Waals surface area contributed by atoms with Crippen LogP contribution in [0.1, 0.15) is 58.9 Å². The van der Waals surface area contributed by atoms with Crippen LogP contribution in [0.4, 0.5) is 4.79 Å². The number of carbonyl (C=O) groups excluding carboxylic acids is 2. The third kappa shape index (κ3) is 7.48. The predicted octanol–water partition coefficient (Wildman–Crippen LogP) is 4.78. The molecule has 1 aromatic carbocycles. The molecule has 2 atom stereocenters. The molecule has 0 aromatic heterocycles. The van der Waals surface area contributed by atoms with Gasteiger partial charge >= 0.3 is 12.1 Å². The number of rotatable bonds is 9. The molecular formula is C24H35NO5. The van der Waals surface area contributed by atoms with Gasteiger partial charge in [0.05, 0.1) is 26.2 Å². The molecule has 0 saturated carbocycles. The van der Waals surface area contributed by atoms with Crippen LogP contribution < -0.4 is 5.32 Å². The first-order valence-corrected chi connectivity index (χ1v) is 10.6. The fraction of sp³-hybridized carbons (Fsp3) is 0.583. The standard InChI is InChI=1S/C24H35NO5/c1-17(25-23(27)30-24(2,3)4)21(22(26)28-5)20-13-9-12-19(20)14-15-29-16-18-10-7-6-8-11-18/h6-8,10-11,17,21H,9,12-16H2,1-5H3,(H,25,27)/t17-,21?/m1/s1. The number of hydrogen-bond donors (Lipinski definition) is 1. The Morgan fingerprint density at radius 3 is 2.47 bits per heavy atom. The van der Waals surface area contributed by atoms with Crippen LogP contribution in [0.2, 0.25) is 0 Å². The van der Waals surface area contributed by atoms with E-state index in [0.29, 0.717) is 13.2 Å². The first-order chi connectivity index (χ1) is 14.2. The predicted molar refractivity (Wildman–Crippen MR) is 116 cm³/mol. The maximum absolute atomic E-state index is 12.6. The molecular weight excluding hydrogens is 382 g/mol. The number of alkyl carbamates (subject to hydrolysis) is 1. The zero-order chi connectivity index (χ0) is 22.1. The highest BCUT2D eigenvalue weighted by Gasteiger charge is 2.35. The first kappa shape index (κ1) is 23.9. The second-order valence-electron chi connectivity index (χ2n) is 8.71. The highest BCUT2D eigenvalue weighted by atomic mass is 16.6. The van der Waals surface area contributed by atoms with Crippen LogP contribution in [-0.4, -0.2) is 37.4 Å². The van der Waals surface area contributed by atoms with E-state index in [2.05, 4.69) is 5.32 Å². The summed E-state index contributed by atoms with van der Waals surface area (Å²) in [5.41, 5.74) is 2.84. The van der Waals surface area contributed by atoms with Crippen molar-refractivity contribution in [3.8, 4) is 0 Å². The molecule has 1 aliphatic rings. The van der Waals surface area contributed by atoms with Crippen LogP contribution in [0.5, 0.6) is 0 Å². The van der Waals surface area contributed by atoms with E-state index in [-0.39, 0.29) is 5.97 Å². The van der Waals surface area contributed by atoms with E-state index in [0.717, 1.165) is 36.8 Å². The van der Waals surface area contributed by atoms with Crippen molar-refractivity contribution in [1.29, 1.82) is 0 Å². The zero-order valence-corrected chi connectivity index (χ0v) is 18.8. The number of esters is 1. The lowest BCUT2D eigenvalue weighted by molar-refractivity contribution is -0.144. The molecule has 6 nitrogen and oxygen atoms in total. The van der Waals surface area contributed by atoms with Gasteiger partial charge in [-0.1, -0.05) is 41.5 Å². The molecule has 0 saturated heterocycles. The zero-order valence-electron chi connectivity index (χ0n) is 18.8. The lowest BCUT2D eigenvalue weighted by atomic mass is 9.88. The van der Waals surface area contributed by atoms with Crippen molar-refractivity contribution in [2.45, 2.75) is 71.6 Å². The molecule has 0 bridgehead atoms. The molecule has 166 valence electrons. The summed E-state index contributed by atoms with van der Waals surface area (Å²) in [5.74, 6) is -0.854. The van der Waals surface area contributed by atoms with Crippen molar-refractivity contribution < 1.29 is 23.8 Å². The average molecular weight is 418 g/mol. The number of nitrogens with one attached hydrogen (secondary N) is 1. The monoisotopic (exact) mass is 417 g/mol. The summed E-state index contributed by atoms with van der Waals surface area (Å²) >= 11 is 0. The SMILES string of the molecule is COC(=O)C(C1=C(CCOCc2ccccc2)CCC1)[C@@H](C)NC(=O)OC(C)(C)C. The molecule has 6 heteroatoms. The molecule has 0 aliphatic heterocycles. The number of methoxy groups -OCH3 is 1. The van der Waals surface area contributed by atoms with Gasteiger partial charge in [0.2, 0.25) is 0 Å². The smallest absolute Gasteiger partial charge is 0.407 e. The molecule has 1 aromatic rings. The van der Waals surface area contributed by atoms with E-state index in [9.17, 15) is 9.59 Å². The highest BCUT2D eigenvalue weighted by molar-refractivity contribution is 5.78. The van der Waals surface area contributed by atoms with Gasteiger partial charge in [-0.15, -0.1) is 0 Å². The number of benzene rings is 1. The minimum absolute atomic E-state index is 0.335. The Morgan fingerprint density at radius 2 is 1.83 bits per heavy atom. The normalized spacial score (nSPS) is 16.2. The van der Waals surface area contributed by atoms with E-state index in [4.69, 9.17) is 14.2 Å². The minimum Gasteiger partial charge on any atom is -0.468 e. The van der Waals surface area contributed by atoms with Gasteiger partial charge < -0.3 is 19.5 Å². The van der Waals surface area contributed by atoms with Crippen LogP contribution in [0, 0.1) is 5.92 Å². The van der Waals surface area contributed by atoms with Gasteiger partial charge in [-0.05, 0) is 58.9 Å². The molecule has 1 amide bonds. The van der Waals surface area contributed by atoms with Crippen molar-refractivity contribution in [2.24, 2.45) is 5.92 Å². The summed E-state index contributed by atoms with van der Waals surface area (Å²) in [6.45, 7) is 8.41. The van der Waals surface area contributed by atoms with Gasteiger partial charge in [0.1, 0.15) is 5.60 Å². The third-order valence-electron chi connectivity index (χ3n) is 5.11. The van der Waals surface area contributed by atoms with Crippen molar-refractivity contribution in [3.05, 3.63) is 47.0 Å². The van der Waals surface area contributed by atoms with Crippen LogP contribution in [0.15, 0.2) is 41.5 Å². The molecule has 1 aliphatic carbocycles.